The highest BCUT2D eigenvalue weighted by Crippen LogP contribution is 2.29. The second-order valence-corrected chi connectivity index (χ2v) is 6.84. The summed E-state index contributed by atoms with van der Waals surface area (Å²) in [5.74, 6) is -0.0573. The summed E-state index contributed by atoms with van der Waals surface area (Å²) >= 11 is 1.70. The van der Waals surface area contributed by atoms with Crippen molar-refractivity contribution in [2.24, 2.45) is 11.8 Å². The van der Waals surface area contributed by atoms with E-state index in [0.29, 0.717) is 5.92 Å². The Morgan fingerprint density at radius 3 is 2.90 bits per heavy atom. The Kier molecular flexibility index (Phi) is 5.54. The first-order valence-corrected chi connectivity index (χ1v) is 8.33. The number of carbonyl (C=O) groups is 1. The molecule has 1 saturated carbocycles. The van der Waals surface area contributed by atoms with Crippen molar-refractivity contribution in [3.8, 4) is 0 Å². The first kappa shape index (κ1) is 15.4. The summed E-state index contributed by atoms with van der Waals surface area (Å²) in [7, 11) is 0. The van der Waals surface area contributed by atoms with Crippen LogP contribution in [0.15, 0.2) is 5.38 Å². The molecule has 2 rings (SSSR count). The van der Waals surface area contributed by atoms with Crippen molar-refractivity contribution in [2.75, 3.05) is 6.54 Å². The summed E-state index contributed by atoms with van der Waals surface area (Å²) in [4.78, 5) is 15.8. The van der Waals surface area contributed by atoms with Crippen LogP contribution in [0.2, 0.25) is 0 Å². The number of carboxylic acids is 1. The molecule has 2 atom stereocenters. The number of aliphatic carboxylic acids is 1. The number of hydrogen-bond acceptors (Lipinski definition) is 4. The van der Waals surface area contributed by atoms with Crippen LogP contribution in [0.4, 0.5) is 0 Å². The normalized spacial score (nSPS) is 23.1. The SMILES string of the molecule is CC(C)c1nc(CNCC2CCCCC2C(=O)O)cs1. The van der Waals surface area contributed by atoms with Gasteiger partial charge < -0.3 is 10.4 Å². The highest BCUT2D eigenvalue weighted by atomic mass is 32.1. The summed E-state index contributed by atoms with van der Waals surface area (Å²) in [6.45, 7) is 5.82. The van der Waals surface area contributed by atoms with Gasteiger partial charge in [0.05, 0.1) is 16.6 Å². The molecule has 0 amide bonds. The van der Waals surface area contributed by atoms with Crippen LogP contribution in [0, 0.1) is 11.8 Å². The van der Waals surface area contributed by atoms with Gasteiger partial charge in [-0.1, -0.05) is 26.7 Å². The van der Waals surface area contributed by atoms with Gasteiger partial charge in [0.1, 0.15) is 0 Å². The minimum Gasteiger partial charge on any atom is -0.481 e. The van der Waals surface area contributed by atoms with Gasteiger partial charge in [0, 0.05) is 17.8 Å². The van der Waals surface area contributed by atoms with E-state index in [9.17, 15) is 9.90 Å². The molecule has 4 nitrogen and oxygen atoms in total. The third-order valence-electron chi connectivity index (χ3n) is 4.00. The van der Waals surface area contributed by atoms with Gasteiger partial charge in [-0.15, -0.1) is 11.3 Å². The summed E-state index contributed by atoms with van der Waals surface area (Å²) in [6, 6.07) is 0. The Balaban J connectivity index is 1.80. The summed E-state index contributed by atoms with van der Waals surface area (Å²) < 4.78 is 0. The monoisotopic (exact) mass is 296 g/mol. The number of nitrogens with one attached hydrogen (secondary N) is 1. The van der Waals surface area contributed by atoms with Crippen LogP contribution >= 0.6 is 11.3 Å². The van der Waals surface area contributed by atoms with Gasteiger partial charge in [-0.3, -0.25) is 4.79 Å². The minimum absolute atomic E-state index is 0.169. The standard InChI is InChI=1S/C15H24N2O2S/c1-10(2)14-17-12(9-20-14)8-16-7-11-5-3-4-6-13(11)15(18)19/h9-11,13,16H,3-8H2,1-2H3,(H,18,19). The molecule has 2 unspecified atom stereocenters. The van der Waals surface area contributed by atoms with Crippen molar-refractivity contribution < 1.29 is 9.90 Å². The maximum Gasteiger partial charge on any atom is 0.306 e. The Labute approximate surface area is 124 Å². The van der Waals surface area contributed by atoms with Gasteiger partial charge in [0.15, 0.2) is 0 Å². The second-order valence-electron chi connectivity index (χ2n) is 5.95. The van der Waals surface area contributed by atoms with E-state index in [1.807, 2.05) is 0 Å². The molecule has 20 heavy (non-hydrogen) atoms. The highest BCUT2D eigenvalue weighted by Gasteiger charge is 2.30. The summed E-state index contributed by atoms with van der Waals surface area (Å²) in [5.41, 5.74) is 1.07. The maximum absolute atomic E-state index is 11.2. The fraction of sp³-hybridized carbons (Fsp3) is 0.733. The molecule has 1 heterocycles. The van der Waals surface area contributed by atoms with Crippen molar-refractivity contribution in [3.63, 3.8) is 0 Å². The number of nitrogens with zero attached hydrogens (tertiary/aromatic N) is 1. The zero-order chi connectivity index (χ0) is 14.5. The van der Waals surface area contributed by atoms with Crippen LogP contribution in [0.3, 0.4) is 0 Å². The molecular weight excluding hydrogens is 272 g/mol. The van der Waals surface area contributed by atoms with Crippen LogP contribution in [-0.4, -0.2) is 22.6 Å². The molecule has 1 aromatic rings. The Morgan fingerprint density at radius 1 is 1.50 bits per heavy atom. The molecule has 0 radical (unpaired) electrons. The van der Waals surface area contributed by atoms with E-state index in [4.69, 9.17) is 0 Å². The Bertz CT molecular complexity index is 445. The minimum atomic E-state index is -0.632. The lowest BCUT2D eigenvalue weighted by Crippen LogP contribution is -2.34. The number of thiazole rings is 1. The first-order valence-electron chi connectivity index (χ1n) is 7.45. The molecular formula is C15H24N2O2S. The molecule has 1 aliphatic rings. The molecule has 1 aromatic heterocycles. The van der Waals surface area contributed by atoms with Gasteiger partial charge in [0.25, 0.3) is 0 Å². The molecule has 5 heteroatoms. The van der Waals surface area contributed by atoms with E-state index >= 15 is 0 Å². The van der Waals surface area contributed by atoms with Crippen molar-refractivity contribution in [3.05, 3.63) is 16.1 Å². The fourth-order valence-electron chi connectivity index (χ4n) is 2.83. The average Bonchev–Trinajstić information content (AvgIpc) is 2.88. The zero-order valence-electron chi connectivity index (χ0n) is 12.3. The first-order chi connectivity index (χ1) is 9.58. The molecule has 112 valence electrons. The van der Waals surface area contributed by atoms with E-state index in [1.54, 1.807) is 11.3 Å². The number of aromatic nitrogens is 1. The predicted molar refractivity (Wildman–Crippen MR) is 81.0 cm³/mol. The van der Waals surface area contributed by atoms with Crippen LogP contribution in [0.25, 0.3) is 0 Å². The number of hydrogen-bond donors (Lipinski definition) is 2. The lowest BCUT2D eigenvalue weighted by atomic mass is 9.79. The quantitative estimate of drug-likeness (QED) is 0.846. The molecule has 1 aliphatic carbocycles. The predicted octanol–water partition coefficient (Wildman–Crippen LogP) is 3.25. The van der Waals surface area contributed by atoms with E-state index in [-0.39, 0.29) is 11.8 Å². The van der Waals surface area contributed by atoms with Crippen molar-refractivity contribution >= 4 is 17.3 Å². The number of rotatable bonds is 6. The van der Waals surface area contributed by atoms with Crippen molar-refractivity contribution in [1.82, 2.24) is 10.3 Å². The summed E-state index contributed by atoms with van der Waals surface area (Å²) in [6.07, 6.45) is 4.07. The third kappa shape index (κ3) is 4.03. The van der Waals surface area contributed by atoms with Crippen molar-refractivity contribution in [1.29, 1.82) is 0 Å². The largest absolute Gasteiger partial charge is 0.481 e. The zero-order valence-corrected chi connectivity index (χ0v) is 13.1. The van der Waals surface area contributed by atoms with Crippen molar-refractivity contribution in [2.45, 2.75) is 52.0 Å². The smallest absolute Gasteiger partial charge is 0.306 e. The van der Waals surface area contributed by atoms with E-state index < -0.39 is 5.97 Å². The maximum atomic E-state index is 11.2. The topological polar surface area (TPSA) is 62.2 Å². The van der Waals surface area contributed by atoms with E-state index in [2.05, 4.69) is 29.5 Å². The molecule has 2 N–H and O–H groups in total. The molecule has 0 spiro atoms. The molecule has 0 aromatic carbocycles. The van der Waals surface area contributed by atoms with Crippen LogP contribution in [-0.2, 0) is 11.3 Å². The van der Waals surface area contributed by atoms with Gasteiger partial charge in [-0.2, -0.15) is 0 Å². The van der Waals surface area contributed by atoms with Gasteiger partial charge in [-0.25, -0.2) is 4.98 Å². The van der Waals surface area contributed by atoms with Gasteiger partial charge >= 0.3 is 5.97 Å². The summed E-state index contributed by atoms with van der Waals surface area (Å²) in [5, 5.41) is 15.9. The lowest BCUT2D eigenvalue weighted by Gasteiger charge is -2.28. The van der Waals surface area contributed by atoms with Crippen LogP contribution in [0.1, 0.15) is 56.2 Å². The number of carboxylic acid groups (broad SMARTS) is 1. The fourth-order valence-corrected chi connectivity index (χ4v) is 3.67. The molecule has 1 fully saturated rings. The highest BCUT2D eigenvalue weighted by molar-refractivity contribution is 7.09. The average molecular weight is 296 g/mol. The Morgan fingerprint density at radius 2 is 2.25 bits per heavy atom. The van der Waals surface area contributed by atoms with Crippen LogP contribution in [0.5, 0.6) is 0 Å². The Hall–Kier alpha value is -0.940. The van der Waals surface area contributed by atoms with E-state index in [0.717, 1.165) is 44.5 Å². The van der Waals surface area contributed by atoms with Gasteiger partial charge in [0.2, 0.25) is 0 Å². The third-order valence-corrected chi connectivity index (χ3v) is 5.20. The van der Waals surface area contributed by atoms with E-state index in [1.165, 1.54) is 5.01 Å². The molecule has 0 aliphatic heterocycles. The van der Waals surface area contributed by atoms with Crippen LogP contribution < -0.4 is 5.32 Å². The molecule has 0 bridgehead atoms. The second kappa shape index (κ2) is 7.18. The van der Waals surface area contributed by atoms with Gasteiger partial charge in [-0.05, 0) is 25.3 Å². The molecule has 0 saturated heterocycles. The lowest BCUT2D eigenvalue weighted by molar-refractivity contribution is -0.144.